The normalized spacial score (nSPS) is 24.8. The first-order chi connectivity index (χ1) is 16.0. The average Bonchev–Trinajstić information content (AvgIpc) is 2.85. The molecule has 0 aromatic heterocycles. The number of ether oxygens (including phenoxy) is 1. The molecule has 2 N–H and O–H groups in total. The summed E-state index contributed by atoms with van der Waals surface area (Å²) in [5.74, 6) is 1.05. The molecule has 2 aromatic rings. The van der Waals surface area contributed by atoms with Crippen LogP contribution in [0.2, 0.25) is 0 Å². The molecule has 2 atom stereocenters. The van der Waals surface area contributed by atoms with Crippen molar-refractivity contribution in [1.82, 2.24) is 10.2 Å². The lowest BCUT2D eigenvalue weighted by Gasteiger charge is -2.39. The summed E-state index contributed by atoms with van der Waals surface area (Å²) >= 11 is 0. The number of quaternary nitrogens is 1. The summed E-state index contributed by atoms with van der Waals surface area (Å²) in [6.07, 6.45) is 3.56. The standard InChI is InChI=1S/C27H35N3O3/c1-19-13-17-30(18-14-19)16-6-15-28-26(31)24-22-7-4-5-8-23(22)27(32)29(2)25(24)20-9-11-21(33-3)12-10-20/h4-5,7-12,19,24-25H,6,13-18H2,1-3H3,(H,28,31)/p+1. The number of hydrogen-bond donors (Lipinski definition) is 2. The van der Waals surface area contributed by atoms with Gasteiger partial charge in [-0.3, -0.25) is 9.59 Å². The van der Waals surface area contributed by atoms with Gasteiger partial charge in [0.2, 0.25) is 5.91 Å². The van der Waals surface area contributed by atoms with Crippen LogP contribution in [0.1, 0.15) is 59.6 Å². The third kappa shape index (κ3) is 5.06. The van der Waals surface area contributed by atoms with E-state index in [1.165, 1.54) is 25.9 Å². The van der Waals surface area contributed by atoms with E-state index in [0.29, 0.717) is 12.1 Å². The number of carbonyl (C=O) groups excluding carboxylic acids is 2. The van der Waals surface area contributed by atoms with Crippen molar-refractivity contribution in [3.63, 3.8) is 0 Å². The monoisotopic (exact) mass is 450 g/mol. The van der Waals surface area contributed by atoms with Crippen LogP contribution in [-0.4, -0.2) is 57.1 Å². The van der Waals surface area contributed by atoms with Crippen LogP contribution >= 0.6 is 0 Å². The number of nitrogens with zero attached hydrogens (tertiary/aromatic N) is 1. The molecule has 6 heteroatoms. The number of methoxy groups -OCH3 is 1. The highest BCUT2D eigenvalue weighted by Gasteiger charge is 2.42. The third-order valence-electron chi connectivity index (χ3n) is 7.31. The smallest absolute Gasteiger partial charge is 0.254 e. The summed E-state index contributed by atoms with van der Waals surface area (Å²) in [7, 11) is 3.41. The second-order valence-corrected chi connectivity index (χ2v) is 9.53. The van der Waals surface area contributed by atoms with Gasteiger partial charge >= 0.3 is 0 Å². The molecule has 2 heterocycles. The van der Waals surface area contributed by atoms with E-state index in [0.717, 1.165) is 35.8 Å². The van der Waals surface area contributed by atoms with E-state index in [4.69, 9.17) is 4.74 Å². The van der Waals surface area contributed by atoms with Crippen LogP contribution in [0.25, 0.3) is 0 Å². The summed E-state index contributed by atoms with van der Waals surface area (Å²) in [6, 6.07) is 14.8. The zero-order valence-corrected chi connectivity index (χ0v) is 20.0. The lowest BCUT2D eigenvalue weighted by atomic mass is 9.79. The molecular formula is C27H36N3O3+. The van der Waals surface area contributed by atoms with Crippen LogP contribution in [0.4, 0.5) is 0 Å². The van der Waals surface area contributed by atoms with Gasteiger partial charge in [-0.15, -0.1) is 0 Å². The summed E-state index contributed by atoms with van der Waals surface area (Å²) in [5.41, 5.74) is 2.33. The van der Waals surface area contributed by atoms with Gasteiger partial charge in [0.15, 0.2) is 0 Å². The summed E-state index contributed by atoms with van der Waals surface area (Å²) in [5, 5.41) is 3.18. The van der Waals surface area contributed by atoms with Crippen molar-refractivity contribution in [2.24, 2.45) is 5.92 Å². The van der Waals surface area contributed by atoms with E-state index in [2.05, 4.69) is 12.2 Å². The SMILES string of the molecule is COc1ccc(C2C(C(=O)NCCC[NH+]3CCC(C)CC3)c3ccccc3C(=O)N2C)cc1. The van der Waals surface area contributed by atoms with Crippen molar-refractivity contribution in [2.75, 3.05) is 40.3 Å². The molecule has 0 radical (unpaired) electrons. The molecule has 6 nitrogen and oxygen atoms in total. The maximum absolute atomic E-state index is 13.5. The van der Waals surface area contributed by atoms with Crippen LogP contribution in [0.3, 0.4) is 0 Å². The molecule has 2 aromatic carbocycles. The Morgan fingerprint density at radius 1 is 1.12 bits per heavy atom. The van der Waals surface area contributed by atoms with Gasteiger partial charge in [-0.2, -0.15) is 0 Å². The number of rotatable bonds is 7. The lowest BCUT2D eigenvalue weighted by molar-refractivity contribution is -0.906. The molecule has 1 fully saturated rings. The van der Waals surface area contributed by atoms with Crippen LogP contribution < -0.4 is 15.0 Å². The second-order valence-electron chi connectivity index (χ2n) is 9.53. The Bertz CT molecular complexity index is 967. The number of amides is 2. The first kappa shape index (κ1) is 23.3. The number of carbonyl (C=O) groups is 2. The van der Waals surface area contributed by atoms with Gasteiger partial charge in [0.05, 0.1) is 38.7 Å². The van der Waals surface area contributed by atoms with Crippen molar-refractivity contribution in [1.29, 1.82) is 0 Å². The van der Waals surface area contributed by atoms with Crippen LogP contribution in [0.5, 0.6) is 5.75 Å². The van der Waals surface area contributed by atoms with Gasteiger partial charge in [-0.05, 0) is 48.1 Å². The van der Waals surface area contributed by atoms with Gasteiger partial charge in [-0.25, -0.2) is 0 Å². The highest BCUT2D eigenvalue weighted by Crippen LogP contribution is 2.42. The quantitative estimate of drug-likeness (QED) is 0.637. The van der Waals surface area contributed by atoms with Gasteiger partial charge in [0.1, 0.15) is 5.75 Å². The first-order valence-electron chi connectivity index (χ1n) is 12.1. The fraction of sp³-hybridized carbons (Fsp3) is 0.481. The van der Waals surface area contributed by atoms with E-state index in [1.54, 1.807) is 24.0 Å². The van der Waals surface area contributed by atoms with Crippen molar-refractivity contribution >= 4 is 11.8 Å². The number of likely N-dealkylation sites (N-methyl/N-ethyl adjacent to an activating group) is 1. The Kier molecular flexibility index (Phi) is 7.33. The number of piperidine rings is 1. The molecule has 2 amide bonds. The van der Waals surface area contributed by atoms with Crippen molar-refractivity contribution in [3.05, 3.63) is 65.2 Å². The average molecular weight is 451 g/mol. The minimum atomic E-state index is -0.458. The van der Waals surface area contributed by atoms with E-state index < -0.39 is 5.92 Å². The van der Waals surface area contributed by atoms with Crippen LogP contribution in [0.15, 0.2) is 48.5 Å². The first-order valence-corrected chi connectivity index (χ1v) is 12.1. The molecule has 33 heavy (non-hydrogen) atoms. The molecule has 176 valence electrons. The van der Waals surface area contributed by atoms with Crippen molar-refractivity contribution < 1.29 is 19.2 Å². The Balaban J connectivity index is 1.50. The molecular weight excluding hydrogens is 414 g/mol. The molecule has 4 rings (SSSR count). The molecule has 0 saturated carbocycles. The van der Waals surface area contributed by atoms with E-state index in [-0.39, 0.29) is 17.9 Å². The largest absolute Gasteiger partial charge is 0.497 e. The highest BCUT2D eigenvalue weighted by atomic mass is 16.5. The molecule has 2 aliphatic rings. The second kappa shape index (κ2) is 10.4. The number of nitrogens with one attached hydrogen (secondary N) is 2. The Hall–Kier alpha value is -2.86. The Morgan fingerprint density at radius 3 is 2.52 bits per heavy atom. The Morgan fingerprint density at radius 2 is 1.82 bits per heavy atom. The van der Waals surface area contributed by atoms with Gasteiger partial charge < -0.3 is 19.9 Å². The zero-order chi connectivity index (χ0) is 23.4. The number of hydrogen-bond acceptors (Lipinski definition) is 3. The molecule has 0 spiro atoms. The molecule has 0 bridgehead atoms. The molecule has 2 unspecified atom stereocenters. The summed E-state index contributed by atoms with van der Waals surface area (Å²) in [6.45, 7) is 6.55. The van der Waals surface area contributed by atoms with Gasteiger partial charge in [0, 0.05) is 25.6 Å². The van der Waals surface area contributed by atoms with E-state index >= 15 is 0 Å². The fourth-order valence-electron chi connectivity index (χ4n) is 5.26. The van der Waals surface area contributed by atoms with Crippen molar-refractivity contribution in [3.8, 4) is 5.75 Å². The zero-order valence-electron chi connectivity index (χ0n) is 20.0. The Labute approximate surface area is 196 Å². The van der Waals surface area contributed by atoms with Crippen LogP contribution in [-0.2, 0) is 4.79 Å². The minimum absolute atomic E-state index is 0.0233. The highest BCUT2D eigenvalue weighted by molar-refractivity contribution is 6.01. The maximum Gasteiger partial charge on any atom is 0.254 e. The number of likely N-dealkylation sites (tertiary alicyclic amines) is 1. The topological polar surface area (TPSA) is 63.1 Å². The van der Waals surface area contributed by atoms with Crippen LogP contribution in [0, 0.1) is 5.92 Å². The van der Waals surface area contributed by atoms with Gasteiger partial charge in [0.25, 0.3) is 5.91 Å². The fourth-order valence-corrected chi connectivity index (χ4v) is 5.26. The minimum Gasteiger partial charge on any atom is -0.497 e. The van der Waals surface area contributed by atoms with E-state index in [1.807, 2.05) is 48.5 Å². The molecule has 0 aliphatic carbocycles. The van der Waals surface area contributed by atoms with Crippen molar-refractivity contribution in [2.45, 2.75) is 38.1 Å². The summed E-state index contributed by atoms with van der Waals surface area (Å²) in [4.78, 5) is 30.0. The predicted molar refractivity (Wildman–Crippen MR) is 129 cm³/mol. The number of fused-ring (bicyclic) bond motifs is 1. The number of benzene rings is 2. The summed E-state index contributed by atoms with van der Waals surface area (Å²) < 4.78 is 5.29. The maximum atomic E-state index is 13.5. The van der Waals surface area contributed by atoms with Gasteiger partial charge in [-0.1, -0.05) is 37.3 Å². The molecule has 2 aliphatic heterocycles. The van der Waals surface area contributed by atoms with E-state index in [9.17, 15) is 9.59 Å². The molecule has 1 saturated heterocycles. The predicted octanol–water partition coefficient (Wildman–Crippen LogP) is 2.43. The lowest BCUT2D eigenvalue weighted by Crippen LogP contribution is -3.13. The third-order valence-corrected chi connectivity index (χ3v) is 7.31.